The van der Waals surface area contributed by atoms with E-state index in [9.17, 15) is 4.79 Å². The van der Waals surface area contributed by atoms with Crippen LogP contribution < -0.4 is 9.64 Å². The predicted octanol–water partition coefficient (Wildman–Crippen LogP) is 3.39. The first-order valence-electron chi connectivity index (χ1n) is 10.7. The molecule has 6 nitrogen and oxygen atoms in total. The van der Waals surface area contributed by atoms with Crippen LogP contribution in [-0.2, 0) is 12.0 Å². The van der Waals surface area contributed by atoms with Crippen LogP contribution in [0.2, 0.25) is 0 Å². The van der Waals surface area contributed by atoms with Gasteiger partial charge in [-0.3, -0.25) is 4.79 Å². The van der Waals surface area contributed by atoms with Crippen LogP contribution in [0, 0.1) is 0 Å². The Morgan fingerprint density at radius 3 is 3.07 bits per heavy atom. The van der Waals surface area contributed by atoms with Gasteiger partial charge in [-0.15, -0.1) is 0 Å². The number of fused-ring (bicyclic) bond motifs is 5. The van der Waals surface area contributed by atoms with Crippen molar-refractivity contribution in [3.8, 4) is 11.6 Å². The van der Waals surface area contributed by atoms with Gasteiger partial charge in [-0.1, -0.05) is 0 Å². The van der Waals surface area contributed by atoms with E-state index in [-0.39, 0.29) is 11.4 Å². The number of rotatable bonds is 2. The van der Waals surface area contributed by atoms with Crippen LogP contribution in [0.25, 0.3) is 5.82 Å². The summed E-state index contributed by atoms with van der Waals surface area (Å²) >= 11 is 0. The van der Waals surface area contributed by atoms with E-state index in [1.54, 1.807) is 0 Å². The Bertz CT molecular complexity index is 1150. The van der Waals surface area contributed by atoms with Crippen molar-refractivity contribution in [1.29, 1.82) is 0 Å². The van der Waals surface area contributed by atoms with Gasteiger partial charge in [-0.25, -0.2) is 4.98 Å². The fraction of sp³-hybridized carbons (Fsp3) is 0.333. The topological polar surface area (TPSA) is 50.6 Å². The van der Waals surface area contributed by atoms with Crippen LogP contribution in [0.5, 0.6) is 5.75 Å². The molecule has 0 saturated carbocycles. The second-order valence-corrected chi connectivity index (χ2v) is 8.28. The molecule has 5 heterocycles. The van der Waals surface area contributed by atoms with Gasteiger partial charge in [0, 0.05) is 44.0 Å². The molecule has 152 valence electrons. The zero-order chi connectivity index (χ0) is 20.3. The maximum absolute atomic E-state index is 13.4. The van der Waals surface area contributed by atoms with Gasteiger partial charge in [0.2, 0.25) is 0 Å². The molecule has 1 aromatic carbocycles. The first kappa shape index (κ1) is 17.6. The van der Waals surface area contributed by atoms with Gasteiger partial charge in [0.15, 0.2) is 5.82 Å². The number of anilines is 1. The van der Waals surface area contributed by atoms with Gasteiger partial charge in [0.1, 0.15) is 11.3 Å². The summed E-state index contributed by atoms with van der Waals surface area (Å²) in [5.74, 6) is 1.98. The Kier molecular flexibility index (Phi) is 3.72. The predicted molar refractivity (Wildman–Crippen MR) is 114 cm³/mol. The van der Waals surface area contributed by atoms with Crippen molar-refractivity contribution in [2.24, 2.45) is 0 Å². The normalized spacial score (nSPS) is 21.4. The van der Waals surface area contributed by atoms with Crippen molar-refractivity contribution < 1.29 is 9.53 Å². The van der Waals surface area contributed by atoms with E-state index in [2.05, 4.69) is 45.8 Å². The van der Waals surface area contributed by atoms with Crippen molar-refractivity contribution in [2.75, 3.05) is 31.1 Å². The summed E-state index contributed by atoms with van der Waals surface area (Å²) in [5.41, 5.74) is 4.01. The van der Waals surface area contributed by atoms with Gasteiger partial charge in [-0.2, -0.15) is 0 Å². The third-order valence-electron chi connectivity index (χ3n) is 6.81. The Morgan fingerprint density at radius 1 is 1.23 bits per heavy atom. The minimum atomic E-state index is -0.232. The van der Waals surface area contributed by atoms with Crippen LogP contribution >= 0.6 is 0 Å². The second kappa shape index (κ2) is 6.36. The molecule has 1 atom stereocenters. The molecule has 0 radical (unpaired) electrons. The number of benzene rings is 1. The molecule has 1 saturated heterocycles. The minimum Gasteiger partial charge on any atom is -0.493 e. The highest BCUT2D eigenvalue weighted by molar-refractivity contribution is 5.95. The molecule has 3 aliphatic rings. The Hall–Kier alpha value is -3.28. The van der Waals surface area contributed by atoms with Gasteiger partial charge in [0.05, 0.1) is 18.0 Å². The molecule has 3 aromatic rings. The van der Waals surface area contributed by atoms with E-state index in [1.165, 1.54) is 5.69 Å². The zero-order valence-corrected chi connectivity index (χ0v) is 17.0. The monoisotopic (exact) mass is 400 g/mol. The molecule has 6 rings (SSSR count). The Labute approximate surface area is 175 Å². The number of aromatic nitrogens is 2. The molecule has 2 aromatic heterocycles. The molecule has 1 amide bonds. The number of ether oxygens (including phenoxy) is 1. The van der Waals surface area contributed by atoms with Crippen LogP contribution in [0.15, 0.2) is 54.9 Å². The molecule has 0 bridgehead atoms. The van der Waals surface area contributed by atoms with Crippen molar-refractivity contribution in [3.63, 3.8) is 0 Å². The van der Waals surface area contributed by atoms with Crippen LogP contribution in [0.3, 0.4) is 0 Å². The first-order chi connectivity index (χ1) is 14.7. The number of hydrogen-bond acceptors (Lipinski definition) is 4. The summed E-state index contributed by atoms with van der Waals surface area (Å²) in [4.78, 5) is 22.5. The van der Waals surface area contributed by atoms with Crippen LogP contribution in [-0.4, -0.2) is 46.6 Å². The first-order valence-corrected chi connectivity index (χ1v) is 10.7. The van der Waals surface area contributed by atoms with Crippen molar-refractivity contribution >= 4 is 11.6 Å². The lowest BCUT2D eigenvalue weighted by atomic mass is 9.89. The quantitative estimate of drug-likeness (QED) is 0.662. The SMILES string of the molecule is CCN1c2cccnc2-n2cccc2[C@@]12CCN(C(=O)c1ccc3c(c1)CCO3)C2. The molecule has 0 N–H and O–H groups in total. The summed E-state index contributed by atoms with van der Waals surface area (Å²) in [6.07, 6.45) is 5.71. The highest BCUT2D eigenvalue weighted by Gasteiger charge is 2.50. The average Bonchev–Trinajstić information content (AvgIpc) is 3.53. The summed E-state index contributed by atoms with van der Waals surface area (Å²) < 4.78 is 7.80. The van der Waals surface area contributed by atoms with Crippen LogP contribution in [0.4, 0.5) is 5.69 Å². The number of likely N-dealkylation sites (N-methyl/N-ethyl adjacent to an activating group) is 1. The zero-order valence-electron chi connectivity index (χ0n) is 17.0. The smallest absolute Gasteiger partial charge is 0.253 e. The maximum atomic E-state index is 13.4. The maximum Gasteiger partial charge on any atom is 0.253 e. The molecule has 3 aliphatic heterocycles. The van der Waals surface area contributed by atoms with Gasteiger partial charge >= 0.3 is 0 Å². The number of carbonyl (C=O) groups excluding carboxylic acids is 1. The third-order valence-corrected chi connectivity index (χ3v) is 6.81. The molecule has 30 heavy (non-hydrogen) atoms. The van der Waals surface area contributed by atoms with Crippen LogP contribution in [0.1, 0.15) is 35.0 Å². The van der Waals surface area contributed by atoms with Gasteiger partial charge < -0.3 is 19.1 Å². The largest absolute Gasteiger partial charge is 0.493 e. The number of pyridine rings is 1. The van der Waals surface area contributed by atoms with Crippen molar-refractivity contribution in [2.45, 2.75) is 25.3 Å². The molecular weight excluding hydrogens is 376 g/mol. The summed E-state index contributed by atoms with van der Waals surface area (Å²) in [6.45, 7) is 5.16. The minimum absolute atomic E-state index is 0.104. The molecule has 0 unspecified atom stereocenters. The standard InChI is InChI=1S/C24H24N4O2/c1-2-28-19-5-3-11-25-22(19)27-12-4-6-21(27)24(28)10-13-26(16-24)23(29)18-7-8-20-17(15-18)9-14-30-20/h3-8,11-12,15H,2,9-10,13-14,16H2,1H3/t24-/m0/s1. The van der Waals surface area contributed by atoms with Crippen molar-refractivity contribution in [3.05, 3.63) is 71.7 Å². The van der Waals surface area contributed by atoms with E-state index in [4.69, 9.17) is 4.74 Å². The highest BCUT2D eigenvalue weighted by atomic mass is 16.5. The third kappa shape index (κ3) is 2.30. The lowest BCUT2D eigenvalue weighted by molar-refractivity contribution is 0.0782. The van der Waals surface area contributed by atoms with E-state index in [1.807, 2.05) is 35.4 Å². The lowest BCUT2D eigenvalue weighted by Crippen LogP contribution is -2.52. The summed E-state index contributed by atoms with van der Waals surface area (Å²) in [7, 11) is 0. The van der Waals surface area contributed by atoms with E-state index < -0.39 is 0 Å². The number of carbonyl (C=O) groups is 1. The van der Waals surface area contributed by atoms with E-state index in [0.717, 1.165) is 54.3 Å². The highest BCUT2D eigenvalue weighted by Crippen LogP contribution is 2.47. The molecular formula is C24H24N4O2. The summed E-state index contributed by atoms with van der Waals surface area (Å²) in [6, 6.07) is 14.2. The second-order valence-electron chi connectivity index (χ2n) is 8.28. The lowest BCUT2D eigenvalue weighted by Gasteiger charge is -2.46. The van der Waals surface area contributed by atoms with E-state index in [0.29, 0.717) is 13.2 Å². The molecule has 0 aliphatic carbocycles. The average molecular weight is 400 g/mol. The number of hydrogen-bond donors (Lipinski definition) is 0. The van der Waals surface area contributed by atoms with E-state index >= 15 is 0 Å². The fourth-order valence-corrected chi connectivity index (χ4v) is 5.47. The summed E-state index contributed by atoms with van der Waals surface area (Å²) in [5, 5.41) is 0. The molecule has 1 fully saturated rings. The van der Waals surface area contributed by atoms with Crippen molar-refractivity contribution in [1.82, 2.24) is 14.5 Å². The van der Waals surface area contributed by atoms with Gasteiger partial charge in [-0.05, 0) is 61.4 Å². The Morgan fingerprint density at radius 2 is 2.17 bits per heavy atom. The Balaban J connectivity index is 1.38. The number of amides is 1. The number of likely N-dealkylation sites (tertiary alicyclic amines) is 1. The molecule has 1 spiro atoms. The molecule has 6 heteroatoms. The van der Waals surface area contributed by atoms with Gasteiger partial charge in [0.25, 0.3) is 5.91 Å². The fourth-order valence-electron chi connectivity index (χ4n) is 5.47. The number of nitrogens with zero attached hydrogens (tertiary/aromatic N) is 4.